The summed E-state index contributed by atoms with van der Waals surface area (Å²) in [5, 5.41) is 0. The number of hydrogen-bond donors (Lipinski definition) is 1. The molecule has 0 aliphatic carbocycles. The van der Waals surface area contributed by atoms with E-state index in [1.54, 1.807) is 18.2 Å². The van der Waals surface area contributed by atoms with Gasteiger partial charge in [-0.25, -0.2) is 18.1 Å². The van der Waals surface area contributed by atoms with E-state index in [1.165, 1.54) is 12.1 Å². The maximum atomic E-state index is 14.0. The van der Waals surface area contributed by atoms with Crippen LogP contribution in [0.15, 0.2) is 53.4 Å². The number of amides is 1. The summed E-state index contributed by atoms with van der Waals surface area (Å²) >= 11 is 0. The fourth-order valence-electron chi connectivity index (χ4n) is 5.19. The van der Waals surface area contributed by atoms with Gasteiger partial charge in [-0.05, 0) is 67.3 Å². The van der Waals surface area contributed by atoms with Crippen molar-refractivity contribution >= 4 is 21.9 Å². The van der Waals surface area contributed by atoms with E-state index >= 15 is 0 Å². The molecule has 8 nitrogen and oxygen atoms in total. The van der Waals surface area contributed by atoms with Gasteiger partial charge >= 0.3 is 0 Å². The number of anilines is 1. The molecule has 4 bridgehead atoms. The van der Waals surface area contributed by atoms with Crippen LogP contribution in [0.1, 0.15) is 76.8 Å². The molecule has 4 rings (SSSR count). The van der Waals surface area contributed by atoms with Crippen LogP contribution < -0.4 is 9.46 Å². The van der Waals surface area contributed by atoms with Crippen LogP contribution in [0, 0.1) is 25.2 Å². The molecule has 1 amide bonds. The lowest BCUT2D eigenvalue weighted by atomic mass is 9.87. The molecule has 1 aliphatic heterocycles. The van der Waals surface area contributed by atoms with E-state index in [9.17, 15) is 13.2 Å². The SMILES string of the molecule is CCC(C)CCN1C(=O)c2cccc(c2)S(=O)(=O)Nc2nc(cc(-c3c(C)cccc3C)n2)OC[C@H]1CC(C)(C)C.[HH]. The molecule has 0 fully saturated rings. The Labute approximate surface area is 246 Å². The Balaban J connectivity index is 0.00000484. The van der Waals surface area contributed by atoms with Gasteiger partial charge in [0.2, 0.25) is 11.8 Å². The number of aryl methyl sites for hydroxylation is 2. The Bertz CT molecular complexity index is 1500. The van der Waals surface area contributed by atoms with Crippen LogP contribution in [0.25, 0.3) is 11.3 Å². The van der Waals surface area contributed by atoms with Crippen LogP contribution >= 0.6 is 0 Å². The molecule has 1 N–H and O–H groups in total. The molecule has 0 spiro atoms. The van der Waals surface area contributed by atoms with Crippen molar-refractivity contribution in [2.45, 2.75) is 78.7 Å². The number of fused-ring (bicyclic) bond motifs is 4. The van der Waals surface area contributed by atoms with Crippen molar-refractivity contribution in [3.05, 3.63) is 65.2 Å². The molecule has 222 valence electrons. The summed E-state index contributed by atoms with van der Waals surface area (Å²) in [5.74, 6) is 0.381. The molecule has 1 aromatic heterocycles. The summed E-state index contributed by atoms with van der Waals surface area (Å²) in [6.45, 7) is 15.5. The topological polar surface area (TPSA) is 101 Å². The lowest BCUT2D eigenvalue weighted by Gasteiger charge is -2.36. The van der Waals surface area contributed by atoms with Crippen LogP contribution in [0.5, 0.6) is 5.88 Å². The Morgan fingerprint density at radius 2 is 1.78 bits per heavy atom. The number of sulfonamides is 1. The summed E-state index contributed by atoms with van der Waals surface area (Å²) in [6.07, 6.45) is 2.53. The third kappa shape index (κ3) is 7.44. The lowest BCUT2D eigenvalue weighted by molar-refractivity contribution is 0.0521. The van der Waals surface area contributed by atoms with Gasteiger partial charge in [-0.1, -0.05) is 65.3 Å². The van der Waals surface area contributed by atoms with Crippen LogP contribution in [0.2, 0.25) is 0 Å². The summed E-state index contributed by atoms with van der Waals surface area (Å²) in [4.78, 5) is 24.9. The standard InChI is InChI=1S/C32H42N4O4S.H2/c1-8-21(2)15-16-36-25(19-32(5,6)7)20-40-28-18-27(29-22(3)11-9-12-23(29)4)33-31(34-28)35-41(38,39)26-14-10-13-24(17-26)30(36)37;/h9-14,17-18,21,25H,8,15-16,19-20H2,1-7H3,(H,33,34,35);1H/t21?,25-;/m1./s1. The zero-order valence-electron chi connectivity index (χ0n) is 25.2. The maximum absolute atomic E-state index is 14.0. The first-order chi connectivity index (χ1) is 19.3. The monoisotopic (exact) mass is 580 g/mol. The Morgan fingerprint density at radius 1 is 1.10 bits per heavy atom. The quantitative estimate of drug-likeness (QED) is 0.341. The van der Waals surface area contributed by atoms with E-state index in [0.29, 0.717) is 30.1 Å². The highest BCUT2D eigenvalue weighted by Crippen LogP contribution is 2.31. The summed E-state index contributed by atoms with van der Waals surface area (Å²) < 4.78 is 35.8. The average molecular weight is 581 g/mol. The van der Waals surface area contributed by atoms with Crippen LogP contribution in [-0.4, -0.2) is 48.4 Å². The number of ether oxygens (including phenoxy) is 1. The predicted molar refractivity (Wildman–Crippen MR) is 165 cm³/mol. The molecule has 2 aromatic carbocycles. The molecule has 1 aliphatic rings. The second-order valence-corrected chi connectivity index (χ2v) is 14.0. The van der Waals surface area contributed by atoms with E-state index < -0.39 is 10.0 Å². The average Bonchev–Trinajstić information content (AvgIpc) is 2.90. The first-order valence-electron chi connectivity index (χ1n) is 14.3. The summed E-state index contributed by atoms with van der Waals surface area (Å²) in [5.41, 5.74) is 3.68. The summed E-state index contributed by atoms with van der Waals surface area (Å²) in [7, 11) is -4.09. The van der Waals surface area contributed by atoms with Crippen molar-refractivity contribution in [2.24, 2.45) is 11.3 Å². The number of hydrogen-bond acceptors (Lipinski definition) is 6. The van der Waals surface area contributed by atoms with Gasteiger partial charge in [-0.3, -0.25) is 4.79 Å². The molecule has 3 aromatic rings. The van der Waals surface area contributed by atoms with Gasteiger partial charge in [0.15, 0.2) is 0 Å². The second-order valence-electron chi connectivity index (χ2n) is 12.3. The Morgan fingerprint density at radius 3 is 2.44 bits per heavy atom. The van der Waals surface area contributed by atoms with Crippen molar-refractivity contribution in [1.29, 1.82) is 0 Å². The number of carbonyl (C=O) groups is 1. The number of benzene rings is 2. The minimum atomic E-state index is -4.09. The predicted octanol–water partition coefficient (Wildman–Crippen LogP) is 6.88. The molecular weight excluding hydrogens is 536 g/mol. The number of carbonyl (C=O) groups excluding carboxylic acids is 1. The maximum Gasteiger partial charge on any atom is 0.264 e. The van der Waals surface area contributed by atoms with E-state index in [2.05, 4.69) is 49.3 Å². The molecule has 9 heteroatoms. The van der Waals surface area contributed by atoms with E-state index in [-0.39, 0.29) is 42.1 Å². The van der Waals surface area contributed by atoms with E-state index in [4.69, 9.17) is 4.74 Å². The zero-order valence-corrected chi connectivity index (χ0v) is 26.0. The second kappa shape index (κ2) is 12.2. The Hall–Kier alpha value is -3.46. The fourth-order valence-corrected chi connectivity index (χ4v) is 6.18. The first-order valence-corrected chi connectivity index (χ1v) is 15.8. The highest BCUT2D eigenvalue weighted by molar-refractivity contribution is 7.92. The molecule has 41 heavy (non-hydrogen) atoms. The van der Waals surface area contributed by atoms with Crippen molar-refractivity contribution < 1.29 is 19.4 Å². The molecule has 2 atom stereocenters. The van der Waals surface area contributed by atoms with E-state index in [1.807, 2.05) is 36.9 Å². The Kier molecular flexibility index (Phi) is 9.07. The molecule has 2 heterocycles. The van der Waals surface area contributed by atoms with Gasteiger partial charge in [0, 0.05) is 25.2 Å². The van der Waals surface area contributed by atoms with Crippen molar-refractivity contribution in [3.63, 3.8) is 0 Å². The third-order valence-electron chi connectivity index (χ3n) is 7.59. The third-order valence-corrected chi connectivity index (χ3v) is 8.92. The van der Waals surface area contributed by atoms with Gasteiger partial charge in [-0.15, -0.1) is 0 Å². The van der Waals surface area contributed by atoms with Crippen LogP contribution in [0.4, 0.5) is 5.95 Å². The number of aromatic nitrogens is 2. The van der Waals surface area contributed by atoms with Gasteiger partial charge in [0.05, 0.1) is 16.6 Å². The minimum Gasteiger partial charge on any atom is -0.475 e. The summed E-state index contributed by atoms with van der Waals surface area (Å²) in [6, 6.07) is 13.6. The van der Waals surface area contributed by atoms with Crippen LogP contribution in [0.3, 0.4) is 0 Å². The molecular formula is C32H44N4O4S. The van der Waals surface area contributed by atoms with Crippen molar-refractivity contribution in [3.8, 4) is 17.1 Å². The van der Waals surface area contributed by atoms with Crippen LogP contribution in [-0.2, 0) is 10.0 Å². The minimum absolute atomic E-state index is 0. The smallest absolute Gasteiger partial charge is 0.264 e. The highest BCUT2D eigenvalue weighted by atomic mass is 32.2. The van der Waals surface area contributed by atoms with Gasteiger partial charge in [0.1, 0.15) is 6.61 Å². The first kappa shape index (κ1) is 30.5. The molecule has 0 radical (unpaired) electrons. The number of nitrogens with zero attached hydrogens (tertiary/aromatic N) is 3. The normalized spacial score (nSPS) is 17.9. The highest BCUT2D eigenvalue weighted by Gasteiger charge is 2.31. The molecule has 0 saturated heterocycles. The molecule has 0 saturated carbocycles. The van der Waals surface area contributed by atoms with E-state index in [0.717, 1.165) is 29.5 Å². The largest absolute Gasteiger partial charge is 0.475 e. The molecule has 1 unspecified atom stereocenters. The van der Waals surface area contributed by atoms with Crippen molar-refractivity contribution in [2.75, 3.05) is 17.9 Å². The van der Waals surface area contributed by atoms with Gasteiger partial charge in [0.25, 0.3) is 15.9 Å². The zero-order chi connectivity index (χ0) is 29.9. The fraction of sp³-hybridized carbons (Fsp3) is 0.469. The number of nitrogens with one attached hydrogen (secondary N) is 1. The number of rotatable bonds is 6. The lowest BCUT2D eigenvalue weighted by Crippen LogP contribution is -2.46. The van der Waals surface area contributed by atoms with Gasteiger partial charge < -0.3 is 9.64 Å². The van der Waals surface area contributed by atoms with Gasteiger partial charge in [-0.2, -0.15) is 4.98 Å². The van der Waals surface area contributed by atoms with Crippen molar-refractivity contribution in [1.82, 2.24) is 14.9 Å².